The Morgan fingerprint density at radius 2 is 1.42 bits per heavy atom. The van der Waals surface area contributed by atoms with Gasteiger partial charge in [0, 0.05) is 13.1 Å². The van der Waals surface area contributed by atoms with Gasteiger partial charge in [-0.3, -0.25) is 0 Å². The van der Waals surface area contributed by atoms with Gasteiger partial charge in [0.2, 0.25) is 0 Å². The van der Waals surface area contributed by atoms with Gasteiger partial charge in [-0.1, -0.05) is 0 Å². The Morgan fingerprint density at radius 1 is 0.917 bits per heavy atom. The number of halogens is 10. The smallest absolute Gasteiger partial charge is 0.351 e. The highest BCUT2D eigenvalue weighted by atomic mass is 32.2. The number of allylic oxidation sites excluding steroid dienone is 1. The predicted molar refractivity (Wildman–Crippen MR) is 64.9 cm³/mol. The molecule has 0 atom stereocenters. The van der Waals surface area contributed by atoms with Crippen LogP contribution in [0.1, 0.15) is 12.8 Å². The van der Waals surface area contributed by atoms with Crippen LogP contribution in [0, 0.1) is 0 Å². The van der Waals surface area contributed by atoms with Crippen molar-refractivity contribution >= 4 is 16.9 Å². The molecule has 0 saturated carbocycles. The fourth-order valence-electron chi connectivity index (χ4n) is 2.18. The van der Waals surface area contributed by atoms with Crippen molar-refractivity contribution in [2.45, 2.75) is 36.4 Å². The first-order valence-corrected chi connectivity index (χ1v) is 7.17. The van der Waals surface area contributed by atoms with E-state index >= 15 is 0 Å². The first-order valence-electron chi connectivity index (χ1n) is 6.35. The Bertz CT molecular complexity index is 568. The molecule has 0 radical (unpaired) electrons. The minimum absolute atomic E-state index is 0.0220. The Morgan fingerprint density at radius 3 is 1.83 bits per heavy atom. The number of amidine groups is 1. The lowest BCUT2D eigenvalue weighted by Crippen LogP contribution is -2.45. The molecule has 0 aliphatic carbocycles. The van der Waals surface area contributed by atoms with Crippen LogP contribution in [0.15, 0.2) is 16.3 Å². The van der Waals surface area contributed by atoms with Crippen molar-refractivity contribution in [1.82, 2.24) is 4.90 Å². The molecule has 0 spiro atoms. The summed E-state index contributed by atoms with van der Waals surface area (Å²) in [5, 5.41) is -6.01. The number of hydrogen-bond donors (Lipinski definition) is 0. The van der Waals surface area contributed by atoms with E-state index in [4.69, 9.17) is 0 Å². The van der Waals surface area contributed by atoms with Crippen LogP contribution < -0.4 is 0 Å². The summed E-state index contributed by atoms with van der Waals surface area (Å²) in [4.78, 5) is 3.62. The van der Waals surface area contributed by atoms with Crippen LogP contribution in [-0.2, 0) is 0 Å². The van der Waals surface area contributed by atoms with Crippen molar-refractivity contribution in [3.05, 3.63) is 11.3 Å². The van der Waals surface area contributed by atoms with Crippen molar-refractivity contribution in [2.24, 2.45) is 4.99 Å². The summed E-state index contributed by atoms with van der Waals surface area (Å²) in [7, 11) is 0. The summed E-state index contributed by atoms with van der Waals surface area (Å²) in [5.41, 5.74) is -6.29. The van der Waals surface area contributed by atoms with Crippen LogP contribution in [0.25, 0.3) is 0 Å². The van der Waals surface area contributed by atoms with Crippen LogP contribution in [0.2, 0.25) is 0 Å². The fourth-order valence-corrected chi connectivity index (χ4v) is 3.17. The lowest BCUT2D eigenvalue weighted by Gasteiger charge is -2.33. The van der Waals surface area contributed by atoms with Gasteiger partial charge in [0.1, 0.15) is 11.3 Å². The second-order valence-corrected chi connectivity index (χ2v) is 6.08. The van der Waals surface area contributed by atoms with Crippen molar-refractivity contribution < 1.29 is 43.9 Å². The van der Waals surface area contributed by atoms with E-state index in [9.17, 15) is 43.9 Å². The number of aliphatic imine (C=N–C) groups is 1. The zero-order valence-corrected chi connectivity index (χ0v) is 12.2. The maximum Gasteiger partial charge on any atom is 0.459 e. The summed E-state index contributed by atoms with van der Waals surface area (Å²) in [6, 6.07) is 0. The zero-order valence-electron chi connectivity index (χ0n) is 11.4. The molecule has 0 bridgehead atoms. The Labute approximate surface area is 132 Å². The van der Waals surface area contributed by atoms with Crippen LogP contribution in [0.5, 0.6) is 0 Å². The molecule has 13 heteroatoms. The SMILES string of the molecule is FC(F)(F)C1=C(C(F)(F)C(F)(F)F)N=C(N2CCCC2)SC1(F)F. The minimum atomic E-state index is -6.50. The monoisotopic (exact) mass is 390 g/mol. The van der Waals surface area contributed by atoms with E-state index in [0.29, 0.717) is 12.8 Å². The Hall–Kier alpha value is -1.14. The molecule has 2 aliphatic rings. The molecule has 0 aromatic carbocycles. The molecule has 0 N–H and O–H groups in total. The van der Waals surface area contributed by atoms with Gasteiger partial charge in [-0.15, -0.1) is 0 Å². The van der Waals surface area contributed by atoms with E-state index in [-0.39, 0.29) is 13.1 Å². The summed E-state index contributed by atoms with van der Waals surface area (Å²) < 4.78 is 130. The number of thioether (sulfide) groups is 1. The number of alkyl halides is 10. The third-order valence-electron chi connectivity index (χ3n) is 3.27. The predicted octanol–water partition coefficient (Wildman–Crippen LogP) is 4.79. The molecule has 2 aliphatic heterocycles. The topological polar surface area (TPSA) is 15.6 Å². The van der Waals surface area contributed by atoms with E-state index in [2.05, 4.69) is 4.99 Å². The van der Waals surface area contributed by atoms with Gasteiger partial charge in [0.25, 0.3) is 0 Å². The van der Waals surface area contributed by atoms with Crippen LogP contribution in [-0.4, -0.2) is 46.7 Å². The van der Waals surface area contributed by atoms with Gasteiger partial charge in [-0.2, -0.15) is 43.9 Å². The Balaban J connectivity index is 2.69. The highest BCUT2D eigenvalue weighted by Gasteiger charge is 2.68. The molecule has 0 aromatic rings. The second-order valence-electron chi connectivity index (χ2n) is 5.00. The molecule has 138 valence electrons. The number of rotatable bonds is 1. The molecule has 0 amide bonds. The lowest BCUT2D eigenvalue weighted by atomic mass is 10.1. The van der Waals surface area contributed by atoms with Gasteiger partial charge >= 0.3 is 23.5 Å². The molecule has 1 saturated heterocycles. The average molecular weight is 390 g/mol. The van der Waals surface area contributed by atoms with E-state index in [1.807, 2.05) is 0 Å². The van der Waals surface area contributed by atoms with Crippen molar-refractivity contribution in [1.29, 1.82) is 0 Å². The molecule has 2 heterocycles. The van der Waals surface area contributed by atoms with E-state index in [0.717, 1.165) is 4.90 Å². The van der Waals surface area contributed by atoms with Gasteiger partial charge in [-0.05, 0) is 24.6 Å². The maximum atomic E-state index is 13.8. The van der Waals surface area contributed by atoms with E-state index in [1.165, 1.54) is 0 Å². The quantitative estimate of drug-likeness (QED) is 0.599. The summed E-state index contributed by atoms with van der Waals surface area (Å²) in [6.45, 7) is 0.0439. The molecule has 0 unspecified atom stereocenters. The van der Waals surface area contributed by atoms with Crippen molar-refractivity contribution in [3.8, 4) is 0 Å². The third kappa shape index (κ3) is 3.31. The first-order chi connectivity index (χ1) is 10.7. The summed E-state index contributed by atoms with van der Waals surface area (Å²) in [5.74, 6) is -6.17. The van der Waals surface area contributed by atoms with Crippen molar-refractivity contribution in [3.63, 3.8) is 0 Å². The molecule has 1 fully saturated rings. The number of hydrogen-bond acceptors (Lipinski definition) is 3. The van der Waals surface area contributed by atoms with Gasteiger partial charge in [0.05, 0.1) is 0 Å². The highest BCUT2D eigenvalue weighted by molar-refractivity contribution is 8.14. The van der Waals surface area contributed by atoms with E-state index in [1.54, 1.807) is 0 Å². The van der Waals surface area contributed by atoms with Gasteiger partial charge in [-0.25, -0.2) is 4.99 Å². The summed E-state index contributed by atoms with van der Waals surface area (Å²) >= 11 is -0.785. The van der Waals surface area contributed by atoms with Crippen LogP contribution >= 0.6 is 11.8 Å². The zero-order chi connectivity index (χ0) is 18.6. The largest absolute Gasteiger partial charge is 0.459 e. The number of nitrogens with zero attached hydrogens (tertiary/aromatic N) is 2. The summed E-state index contributed by atoms with van der Waals surface area (Å²) in [6.07, 6.45) is -11.8. The molecule has 24 heavy (non-hydrogen) atoms. The Kier molecular flexibility index (Phi) is 4.56. The molecule has 2 nitrogen and oxygen atoms in total. The first kappa shape index (κ1) is 19.2. The molecular formula is C11H8F10N2S. The highest BCUT2D eigenvalue weighted by Crippen LogP contribution is 2.55. The van der Waals surface area contributed by atoms with E-state index < -0.39 is 51.7 Å². The van der Waals surface area contributed by atoms with Gasteiger partial charge in [0.15, 0.2) is 5.17 Å². The lowest BCUT2D eigenvalue weighted by molar-refractivity contribution is -0.266. The van der Waals surface area contributed by atoms with Gasteiger partial charge < -0.3 is 4.90 Å². The molecule has 2 rings (SSSR count). The standard InChI is InChI=1S/C11H8F10N2S/c12-8(13,11(19,20)21)6-5(9(14,15)16)10(17,18)24-7(22-6)23-3-1-2-4-23/h1-4H2. The van der Waals surface area contributed by atoms with Crippen LogP contribution in [0.3, 0.4) is 0 Å². The second kappa shape index (κ2) is 5.70. The molecular weight excluding hydrogens is 382 g/mol. The minimum Gasteiger partial charge on any atom is -0.351 e. The fraction of sp³-hybridized carbons (Fsp3) is 0.727. The maximum absolute atomic E-state index is 13.8. The van der Waals surface area contributed by atoms with Crippen LogP contribution in [0.4, 0.5) is 43.9 Å². The molecule has 0 aromatic heterocycles. The average Bonchev–Trinajstić information content (AvgIpc) is 2.86. The third-order valence-corrected chi connectivity index (χ3v) is 4.26. The van der Waals surface area contributed by atoms with Crippen molar-refractivity contribution in [2.75, 3.05) is 13.1 Å². The normalized spacial score (nSPS) is 22.9. The number of likely N-dealkylation sites (tertiary alicyclic amines) is 1.